The first-order valence-corrected chi connectivity index (χ1v) is 9.36. The Bertz CT molecular complexity index is 917. The van der Waals surface area contributed by atoms with Crippen LogP contribution in [-0.4, -0.2) is 16.8 Å². The van der Waals surface area contributed by atoms with Crippen molar-refractivity contribution in [1.29, 1.82) is 0 Å². The molecule has 5 nitrogen and oxygen atoms in total. The number of fused-ring (bicyclic) bond motifs is 1. The molecule has 1 aromatic carbocycles. The summed E-state index contributed by atoms with van der Waals surface area (Å²) < 4.78 is 10.9. The Morgan fingerprint density at radius 3 is 2.77 bits per heavy atom. The molecule has 0 saturated heterocycles. The Balaban J connectivity index is 1.63. The van der Waals surface area contributed by atoms with Gasteiger partial charge in [-0.05, 0) is 29.8 Å². The lowest BCUT2D eigenvalue weighted by Crippen LogP contribution is -2.14. The first kappa shape index (κ1) is 16.8. The standard InChI is InChI=1S/C20H21N3O2S/c1-20(2,3)18-17(10-13-6-7-15-16(9-13)25-12-24-15)26-19(23-18)22-14-5-4-8-21-11-14/h4-9,11H,10,12H2,1-3H3,(H,22,23). The van der Waals surface area contributed by atoms with E-state index in [-0.39, 0.29) is 5.41 Å². The van der Waals surface area contributed by atoms with E-state index < -0.39 is 0 Å². The van der Waals surface area contributed by atoms with Crippen LogP contribution in [0.5, 0.6) is 11.5 Å². The number of nitrogens with zero attached hydrogens (tertiary/aromatic N) is 2. The monoisotopic (exact) mass is 367 g/mol. The van der Waals surface area contributed by atoms with E-state index in [1.807, 2.05) is 18.2 Å². The van der Waals surface area contributed by atoms with Gasteiger partial charge in [0.05, 0.1) is 17.6 Å². The lowest BCUT2D eigenvalue weighted by Gasteiger charge is -2.17. The SMILES string of the molecule is CC(C)(C)c1nc(Nc2cccnc2)sc1Cc1ccc2c(c1)OCO2. The van der Waals surface area contributed by atoms with Gasteiger partial charge in [-0.3, -0.25) is 4.98 Å². The number of pyridine rings is 1. The van der Waals surface area contributed by atoms with Crippen molar-refractivity contribution >= 4 is 22.2 Å². The lowest BCUT2D eigenvalue weighted by atomic mass is 9.90. The van der Waals surface area contributed by atoms with Crippen molar-refractivity contribution < 1.29 is 9.47 Å². The predicted molar refractivity (Wildman–Crippen MR) is 104 cm³/mol. The van der Waals surface area contributed by atoms with Crippen molar-refractivity contribution in [2.24, 2.45) is 0 Å². The molecule has 0 radical (unpaired) electrons. The second-order valence-electron chi connectivity index (χ2n) is 7.27. The topological polar surface area (TPSA) is 56.3 Å². The van der Waals surface area contributed by atoms with Gasteiger partial charge in [0.2, 0.25) is 6.79 Å². The molecule has 1 aliphatic heterocycles. The molecule has 26 heavy (non-hydrogen) atoms. The number of hydrogen-bond donors (Lipinski definition) is 1. The highest BCUT2D eigenvalue weighted by Gasteiger charge is 2.24. The number of aromatic nitrogens is 2. The van der Waals surface area contributed by atoms with Gasteiger partial charge in [0, 0.05) is 22.9 Å². The molecule has 1 N–H and O–H groups in total. The van der Waals surface area contributed by atoms with Crippen LogP contribution in [0, 0.1) is 0 Å². The highest BCUT2D eigenvalue weighted by atomic mass is 32.1. The Hall–Kier alpha value is -2.60. The Morgan fingerprint density at radius 1 is 1.15 bits per heavy atom. The zero-order valence-corrected chi connectivity index (χ0v) is 15.9. The number of ether oxygens (including phenoxy) is 2. The molecule has 0 atom stereocenters. The number of rotatable bonds is 4. The second kappa shape index (κ2) is 6.61. The molecule has 0 aliphatic carbocycles. The normalized spacial score (nSPS) is 13.0. The summed E-state index contributed by atoms with van der Waals surface area (Å²) in [6.45, 7) is 6.88. The van der Waals surface area contributed by atoms with E-state index in [2.05, 4.69) is 43.2 Å². The Labute approximate surface area is 157 Å². The minimum Gasteiger partial charge on any atom is -0.454 e. The van der Waals surface area contributed by atoms with Crippen LogP contribution in [0.1, 0.15) is 36.9 Å². The van der Waals surface area contributed by atoms with Gasteiger partial charge >= 0.3 is 0 Å². The van der Waals surface area contributed by atoms with Crippen LogP contribution in [0.4, 0.5) is 10.8 Å². The molecule has 3 heterocycles. The van der Waals surface area contributed by atoms with E-state index in [9.17, 15) is 0 Å². The van der Waals surface area contributed by atoms with Gasteiger partial charge in [0.1, 0.15) is 0 Å². The minimum absolute atomic E-state index is 0.0307. The van der Waals surface area contributed by atoms with Crippen molar-refractivity contribution in [2.45, 2.75) is 32.6 Å². The van der Waals surface area contributed by atoms with Gasteiger partial charge in [0.15, 0.2) is 16.6 Å². The third-order valence-corrected chi connectivity index (χ3v) is 5.09. The molecule has 0 unspecified atom stereocenters. The largest absolute Gasteiger partial charge is 0.454 e. The maximum Gasteiger partial charge on any atom is 0.231 e. The van der Waals surface area contributed by atoms with Gasteiger partial charge in [-0.1, -0.05) is 26.8 Å². The average molecular weight is 367 g/mol. The summed E-state index contributed by atoms with van der Waals surface area (Å²) >= 11 is 1.69. The molecule has 0 spiro atoms. The molecular formula is C20H21N3O2S. The van der Waals surface area contributed by atoms with Gasteiger partial charge < -0.3 is 14.8 Å². The smallest absolute Gasteiger partial charge is 0.231 e. The van der Waals surface area contributed by atoms with Crippen LogP contribution in [0.15, 0.2) is 42.7 Å². The van der Waals surface area contributed by atoms with Gasteiger partial charge in [-0.25, -0.2) is 4.98 Å². The molecule has 6 heteroatoms. The van der Waals surface area contributed by atoms with E-state index in [1.165, 1.54) is 10.4 Å². The Morgan fingerprint density at radius 2 is 2.00 bits per heavy atom. The fraction of sp³-hybridized carbons (Fsp3) is 0.300. The summed E-state index contributed by atoms with van der Waals surface area (Å²) in [5, 5.41) is 4.25. The third kappa shape index (κ3) is 3.51. The zero-order chi connectivity index (χ0) is 18.1. The van der Waals surface area contributed by atoms with Crippen LogP contribution in [0.2, 0.25) is 0 Å². The van der Waals surface area contributed by atoms with Crippen molar-refractivity contribution in [3.63, 3.8) is 0 Å². The number of anilines is 2. The van der Waals surface area contributed by atoms with E-state index in [1.54, 1.807) is 23.7 Å². The summed E-state index contributed by atoms with van der Waals surface area (Å²) in [7, 11) is 0. The van der Waals surface area contributed by atoms with Crippen LogP contribution in [-0.2, 0) is 11.8 Å². The minimum atomic E-state index is -0.0307. The molecule has 0 amide bonds. The zero-order valence-electron chi connectivity index (χ0n) is 15.1. The van der Waals surface area contributed by atoms with Crippen LogP contribution in [0.25, 0.3) is 0 Å². The highest BCUT2D eigenvalue weighted by molar-refractivity contribution is 7.15. The van der Waals surface area contributed by atoms with E-state index in [4.69, 9.17) is 14.5 Å². The van der Waals surface area contributed by atoms with E-state index >= 15 is 0 Å². The fourth-order valence-electron chi connectivity index (χ4n) is 2.91. The highest BCUT2D eigenvalue weighted by Crippen LogP contribution is 2.37. The maximum atomic E-state index is 5.50. The molecule has 0 saturated carbocycles. The van der Waals surface area contributed by atoms with Crippen LogP contribution in [0.3, 0.4) is 0 Å². The third-order valence-electron chi connectivity index (χ3n) is 4.12. The molecule has 1 aliphatic rings. The number of benzene rings is 1. The molecule has 0 bridgehead atoms. The molecule has 0 fully saturated rings. The maximum absolute atomic E-state index is 5.50. The van der Waals surface area contributed by atoms with Gasteiger partial charge in [0.25, 0.3) is 0 Å². The Kier molecular flexibility index (Phi) is 4.28. The molecule has 134 valence electrons. The van der Waals surface area contributed by atoms with E-state index in [0.29, 0.717) is 6.79 Å². The molecular weight excluding hydrogens is 346 g/mol. The molecule has 2 aromatic heterocycles. The van der Waals surface area contributed by atoms with Gasteiger partial charge in [-0.2, -0.15) is 0 Å². The molecule has 3 aromatic rings. The summed E-state index contributed by atoms with van der Waals surface area (Å²) in [6.07, 6.45) is 4.38. The van der Waals surface area contributed by atoms with Crippen molar-refractivity contribution in [3.05, 3.63) is 58.9 Å². The summed E-state index contributed by atoms with van der Waals surface area (Å²) in [5.41, 5.74) is 3.22. The predicted octanol–water partition coefficient (Wildman–Crippen LogP) is 4.90. The molecule has 4 rings (SSSR count). The summed E-state index contributed by atoms with van der Waals surface area (Å²) in [4.78, 5) is 10.3. The van der Waals surface area contributed by atoms with Crippen LogP contribution < -0.4 is 14.8 Å². The number of hydrogen-bond acceptors (Lipinski definition) is 6. The summed E-state index contributed by atoms with van der Waals surface area (Å²) in [5.74, 6) is 1.63. The van der Waals surface area contributed by atoms with Crippen molar-refractivity contribution in [1.82, 2.24) is 9.97 Å². The first-order valence-electron chi connectivity index (χ1n) is 8.55. The number of nitrogens with one attached hydrogen (secondary N) is 1. The first-order chi connectivity index (χ1) is 12.5. The fourth-order valence-corrected chi connectivity index (χ4v) is 4.13. The van der Waals surface area contributed by atoms with E-state index in [0.717, 1.165) is 34.4 Å². The second-order valence-corrected chi connectivity index (χ2v) is 8.36. The number of thiazole rings is 1. The lowest BCUT2D eigenvalue weighted by molar-refractivity contribution is 0.174. The average Bonchev–Trinajstić information content (AvgIpc) is 3.22. The van der Waals surface area contributed by atoms with Crippen molar-refractivity contribution in [2.75, 3.05) is 12.1 Å². The van der Waals surface area contributed by atoms with Crippen LogP contribution >= 0.6 is 11.3 Å². The van der Waals surface area contributed by atoms with Crippen molar-refractivity contribution in [3.8, 4) is 11.5 Å². The summed E-state index contributed by atoms with van der Waals surface area (Å²) in [6, 6.07) is 10.0. The van der Waals surface area contributed by atoms with Gasteiger partial charge in [-0.15, -0.1) is 11.3 Å². The quantitative estimate of drug-likeness (QED) is 0.711.